The highest BCUT2D eigenvalue weighted by Gasteiger charge is 2.52. The zero-order valence-corrected chi connectivity index (χ0v) is 21.4. The first-order valence-electron chi connectivity index (χ1n) is 12.4. The summed E-state index contributed by atoms with van der Waals surface area (Å²) in [6.45, 7) is 5.20. The number of carbonyl (C=O) groups excluding carboxylic acids is 1. The minimum Gasteiger partial charge on any atom is -0.493 e. The number of rotatable bonds is 6. The Kier molecular flexibility index (Phi) is 7.60. The maximum atomic E-state index is 14.1. The van der Waals surface area contributed by atoms with Crippen LogP contribution in [-0.4, -0.2) is 49.8 Å². The van der Waals surface area contributed by atoms with Crippen LogP contribution in [0.25, 0.3) is 0 Å². The van der Waals surface area contributed by atoms with E-state index in [1.807, 2.05) is 12.1 Å². The van der Waals surface area contributed by atoms with E-state index in [1.165, 1.54) is 0 Å². The van der Waals surface area contributed by atoms with Gasteiger partial charge < -0.3 is 20.1 Å². The van der Waals surface area contributed by atoms with Gasteiger partial charge in [-0.25, -0.2) is 9.18 Å². The number of halogens is 4. The van der Waals surface area contributed by atoms with Gasteiger partial charge in [0.15, 0.2) is 11.5 Å². The molecule has 1 heterocycles. The Morgan fingerprint density at radius 1 is 1.08 bits per heavy atom. The van der Waals surface area contributed by atoms with E-state index in [1.54, 1.807) is 14.2 Å². The van der Waals surface area contributed by atoms with Gasteiger partial charge in [0, 0.05) is 23.5 Å². The van der Waals surface area contributed by atoms with Gasteiger partial charge in [-0.05, 0) is 82.0 Å². The average Bonchev–Trinajstić information content (AvgIpc) is 3.24. The van der Waals surface area contributed by atoms with Gasteiger partial charge >= 0.3 is 12.2 Å². The quantitative estimate of drug-likeness (QED) is 0.459. The third-order valence-corrected chi connectivity index (χ3v) is 7.80. The van der Waals surface area contributed by atoms with E-state index in [-0.39, 0.29) is 17.5 Å². The van der Waals surface area contributed by atoms with Crippen molar-refractivity contribution in [2.45, 2.75) is 69.2 Å². The van der Waals surface area contributed by atoms with Gasteiger partial charge in [-0.1, -0.05) is 6.07 Å². The summed E-state index contributed by atoms with van der Waals surface area (Å²) < 4.78 is 64.2. The Bertz CT molecular complexity index is 1140. The van der Waals surface area contributed by atoms with Crippen LogP contribution in [0.2, 0.25) is 0 Å². The Balaban J connectivity index is 1.53. The molecule has 2 aromatic carbocycles. The maximum absolute atomic E-state index is 14.1. The number of anilines is 1. The highest BCUT2D eigenvalue weighted by molar-refractivity contribution is 5.89. The standard InChI is InChI=1S/C27H33F4N3O3/c1-16(2)34-12-11-26(17-6-8-22(36-3)23(14-17)37-4)10-9-19(15-24(26)34)32-25(35)33-21-13-18(27(29,30)31)5-7-20(21)28/h5-8,13-14,16,19,24H,9-12,15H2,1-4H3,(H2,32,33,35)/t19-,24+,26-/m0/s1. The van der Waals surface area contributed by atoms with E-state index in [9.17, 15) is 22.4 Å². The lowest BCUT2D eigenvalue weighted by molar-refractivity contribution is -0.137. The van der Waals surface area contributed by atoms with E-state index >= 15 is 0 Å². The summed E-state index contributed by atoms with van der Waals surface area (Å²) in [5, 5.41) is 5.13. The number of hydrogen-bond acceptors (Lipinski definition) is 4. The highest BCUT2D eigenvalue weighted by Crippen LogP contribution is 2.51. The van der Waals surface area contributed by atoms with Crippen molar-refractivity contribution in [3.63, 3.8) is 0 Å². The summed E-state index contributed by atoms with van der Waals surface area (Å²) in [6, 6.07) is 7.47. The van der Waals surface area contributed by atoms with Crippen LogP contribution in [0.15, 0.2) is 36.4 Å². The lowest BCUT2D eigenvalue weighted by Gasteiger charge is -2.46. The summed E-state index contributed by atoms with van der Waals surface area (Å²) >= 11 is 0. The fraction of sp³-hybridized carbons (Fsp3) is 0.519. The molecule has 2 fully saturated rings. The van der Waals surface area contributed by atoms with E-state index in [0.717, 1.165) is 24.9 Å². The third kappa shape index (κ3) is 5.35. The van der Waals surface area contributed by atoms with Crippen molar-refractivity contribution in [3.8, 4) is 11.5 Å². The van der Waals surface area contributed by atoms with Crippen LogP contribution in [0.3, 0.4) is 0 Å². The number of ether oxygens (including phenoxy) is 2. The summed E-state index contributed by atoms with van der Waals surface area (Å²) in [4.78, 5) is 15.1. The van der Waals surface area contributed by atoms with Crippen molar-refractivity contribution in [1.82, 2.24) is 10.2 Å². The SMILES string of the molecule is COc1ccc([C@@]23CC[C@H](NC(=O)Nc4cc(C(F)(F)F)ccc4F)C[C@H]2N(C(C)C)CC3)cc1OC. The lowest BCUT2D eigenvalue weighted by Crippen LogP contribution is -2.54. The van der Waals surface area contributed by atoms with E-state index in [2.05, 4.69) is 35.4 Å². The van der Waals surface area contributed by atoms with Crippen molar-refractivity contribution in [2.24, 2.45) is 0 Å². The second-order valence-electron chi connectivity index (χ2n) is 10.1. The number of nitrogens with one attached hydrogen (secondary N) is 2. The van der Waals surface area contributed by atoms with Crippen molar-refractivity contribution < 1.29 is 31.8 Å². The number of urea groups is 1. The van der Waals surface area contributed by atoms with Crippen molar-refractivity contribution in [2.75, 3.05) is 26.1 Å². The van der Waals surface area contributed by atoms with Crippen LogP contribution in [-0.2, 0) is 11.6 Å². The van der Waals surface area contributed by atoms with Crippen molar-refractivity contribution in [1.29, 1.82) is 0 Å². The van der Waals surface area contributed by atoms with E-state index in [4.69, 9.17) is 9.47 Å². The second kappa shape index (κ2) is 10.4. The predicted molar refractivity (Wildman–Crippen MR) is 133 cm³/mol. The number of carbonyl (C=O) groups is 1. The van der Waals surface area contributed by atoms with E-state index < -0.39 is 29.3 Å². The molecular formula is C27H33F4N3O3. The number of methoxy groups -OCH3 is 2. The molecule has 0 bridgehead atoms. The van der Waals surface area contributed by atoms with Gasteiger partial charge in [0.25, 0.3) is 0 Å². The Morgan fingerprint density at radius 3 is 2.46 bits per heavy atom. The smallest absolute Gasteiger partial charge is 0.416 e. The summed E-state index contributed by atoms with van der Waals surface area (Å²) in [5.41, 5.74) is -0.508. The molecule has 2 aromatic rings. The fourth-order valence-corrected chi connectivity index (χ4v) is 5.96. The average molecular weight is 524 g/mol. The minimum atomic E-state index is -4.64. The minimum absolute atomic E-state index is 0.133. The normalized spacial score (nSPS) is 24.0. The van der Waals surface area contributed by atoms with Crippen LogP contribution in [0.5, 0.6) is 11.5 Å². The molecule has 2 N–H and O–H groups in total. The van der Waals surface area contributed by atoms with Gasteiger partial charge in [-0.2, -0.15) is 13.2 Å². The van der Waals surface area contributed by atoms with Gasteiger partial charge in [0.05, 0.1) is 25.5 Å². The zero-order valence-electron chi connectivity index (χ0n) is 21.4. The molecule has 0 radical (unpaired) electrons. The molecule has 1 saturated heterocycles. The van der Waals surface area contributed by atoms with Crippen LogP contribution in [0.1, 0.15) is 50.7 Å². The first-order valence-corrected chi connectivity index (χ1v) is 12.4. The number of alkyl halides is 3. The molecule has 0 unspecified atom stereocenters. The van der Waals surface area contributed by atoms with Crippen LogP contribution in [0.4, 0.5) is 28.0 Å². The number of benzene rings is 2. The maximum Gasteiger partial charge on any atom is 0.416 e. The first-order chi connectivity index (χ1) is 17.5. The molecule has 0 spiro atoms. The molecule has 3 atom stereocenters. The molecule has 2 amide bonds. The number of hydrogen-bond donors (Lipinski definition) is 2. The molecule has 1 aliphatic heterocycles. The zero-order chi connectivity index (χ0) is 27.0. The Hall–Kier alpha value is -3.01. The largest absolute Gasteiger partial charge is 0.493 e. The highest BCUT2D eigenvalue weighted by atomic mass is 19.4. The molecule has 6 nitrogen and oxygen atoms in total. The second-order valence-corrected chi connectivity index (χ2v) is 10.1. The number of amides is 2. The molecule has 1 saturated carbocycles. The van der Waals surface area contributed by atoms with Gasteiger partial charge in [0.2, 0.25) is 0 Å². The summed E-state index contributed by atoms with van der Waals surface area (Å²) in [6.07, 6.45) is -1.54. The number of nitrogens with zero attached hydrogens (tertiary/aromatic N) is 1. The number of likely N-dealkylation sites (tertiary alicyclic amines) is 1. The van der Waals surface area contributed by atoms with Crippen molar-refractivity contribution >= 4 is 11.7 Å². The molecule has 1 aliphatic carbocycles. The van der Waals surface area contributed by atoms with Gasteiger partial charge in [-0.3, -0.25) is 4.90 Å². The number of fused-ring (bicyclic) bond motifs is 1. The molecule has 202 valence electrons. The third-order valence-electron chi connectivity index (χ3n) is 7.80. The Morgan fingerprint density at radius 2 is 1.81 bits per heavy atom. The van der Waals surface area contributed by atoms with Crippen molar-refractivity contribution in [3.05, 3.63) is 53.3 Å². The predicted octanol–water partition coefficient (Wildman–Crippen LogP) is 5.96. The first kappa shape index (κ1) is 27.0. The van der Waals surface area contributed by atoms with Crippen LogP contribution in [0, 0.1) is 5.82 Å². The van der Waals surface area contributed by atoms with E-state index in [0.29, 0.717) is 48.6 Å². The molecule has 10 heteroatoms. The summed E-state index contributed by atoms with van der Waals surface area (Å²) in [7, 11) is 3.21. The monoisotopic (exact) mass is 523 g/mol. The molecule has 2 aliphatic rings. The topological polar surface area (TPSA) is 62.8 Å². The van der Waals surface area contributed by atoms with Crippen LogP contribution >= 0.6 is 0 Å². The van der Waals surface area contributed by atoms with Gasteiger partial charge in [0.1, 0.15) is 5.82 Å². The molecule has 37 heavy (non-hydrogen) atoms. The Labute approximate surface area is 214 Å². The summed E-state index contributed by atoms with van der Waals surface area (Å²) in [5.74, 6) is 0.395. The molecule has 4 rings (SSSR count). The van der Waals surface area contributed by atoms with Gasteiger partial charge in [-0.15, -0.1) is 0 Å². The lowest BCUT2D eigenvalue weighted by atomic mass is 9.65. The molecule has 0 aromatic heterocycles. The van der Waals surface area contributed by atoms with Crippen LogP contribution < -0.4 is 20.1 Å². The fourth-order valence-electron chi connectivity index (χ4n) is 5.96. The molecular weight excluding hydrogens is 490 g/mol.